The fourth-order valence-corrected chi connectivity index (χ4v) is 2.08. The first-order valence-electron chi connectivity index (χ1n) is 6.92. The van der Waals surface area contributed by atoms with E-state index in [2.05, 4.69) is 12.2 Å². The van der Waals surface area contributed by atoms with Gasteiger partial charge < -0.3 is 14.8 Å². The molecule has 1 rings (SSSR count). The van der Waals surface area contributed by atoms with Gasteiger partial charge in [0.15, 0.2) is 0 Å². The van der Waals surface area contributed by atoms with Crippen LogP contribution < -0.4 is 5.32 Å². The highest BCUT2D eigenvalue weighted by atomic mass is 35.5. The molecule has 0 fully saturated rings. The number of nitrogens with one attached hydrogen (secondary N) is 1. The van der Waals surface area contributed by atoms with Crippen molar-refractivity contribution in [3.05, 3.63) is 34.6 Å². The molecule has 0 aliphatic carbocycles. The first-order valence-corrected chi connectivity index (χ1v) is 7.29. The number of ether oxygens (including phenoxy) is 2. The summed E-state index contributed by atoms with van der Waals surface area (Å²) in [6.45, 7) is 4.67. The lowest BCUT2D eigenvalue weighted by Gasteiger charge is -2.19. The van der Waals surface area contributed by atoms with E-state index in [4.69, 9.17) is 21.1 Å². The molecule has 0 aromatic heterocycles. The maximum Gasteiger partial charge on any atom is 0.142 e. The third kappa shape index (κ3) is 6.18. The second-order valence-electron chi connectivity index (χ2n) is 4.64. The maximum atomic E-state index is 13.4. The second kappa shape index (κ2) is 10.1. The minimum Gasteiger partial charge on any atom is -0.382 e. The molecule has 0 amide bonds. The topological polar surface area (TPSA) is 30.5 Å². The van der Waals surface area contributed by atoms with Crippen LogP contribution in [0.1, 0.15) is 18.9 Å². The van der Waals surface area contributed by atoms with Crippen LogP contribution in [0.25, 0.3) is 0 Å². The predicted molar refractivity (Wildman–Crippen MR) is 79.9 cm³/mol. The molecular formula is C15H23ClFNO2. The van der Waals surface area contributed by atoms with Crippen LogP contribution in [-0.2, 0) is 15.9 Å². The number of rotatable bonds is 10. The standard InChI is InChI=1S/C15H23ClFNO2/c1-3-7-18-13(11-20-9-8-19-2)10-12-5-4-6-14(17)15(12)16/h4-6,13,18H,3,7-11H2,1-2H3. The summed E-state index contributed by atoms with van der Waals surface area (Å²) in [7, 11) is 1.64. The Balaban J connectivity index is 2.56. The van der Waals surface area contributed by atoms with Crippen LogP contribution in [0.2, 0.25) is 5.02 Å². The van der Waals surface area contributed by atoms with Crippen LogP contribution in [0.3, 0.4) is 0 Å². The molecule has 1 aromatic carbocycles. The average molecular weight is 304 g/mol. The number of hydrogen-bond donors (Lipinski definition) is 1. The van der Waals surface area contributed by atoms with Gasteiger partial charge in [0.2, 0.25) is 0 Å². The first kappa shape index (κ1) is 17.4. The number of methoxy groups -OCH3 is 1. The Bertz CT molecular complexity index is 390. The van der Waals surface area contributed by atoms with Crippen LogP contribution in [-0.4, -0.2) is 39.5 Å². The Morgan fingerprint density at radius 1 is 1.35 bits per heavy atom. The Morgan fingerprint density at radius 3 is 2.85 bits per heavy atom. The van der Waals surface area contributed by atoms with Crippen LogP contribution in [0.4, 0.5) is 4.39 Å². The van der Waals surface area contributed by atoms with Crippen molar-refractivity contribution in [1.29, 1.82) is 0 Å². The van der Waals surface area contributed by atoms with Gasteiger partial charge in [0.1, 0.15) is 5.82 Å². The van der Waals surface area contributed by atoms with Gasteiger partial charge in [-0.2, -0.15) is 0 Å². The normalized spacial score (nSPS) is 12.6. The molecule has 0 saturated carbocycles. The molecule has 20 heavy (non-hydrogen) atoms. The van der Waals surface area contributed by atoms with Gasteiger partial charge in [0, 0.05) is 13.2 Å². The van der Waals surface area contributed by atoms with Gasteiger partial charge in [-0.05, 0) is 31.0 Å². The molecule has 114 valence electrons. The third-order valence-electron chi connectivity index (χ3n) is 2.93. The van der Waals surface area contributed by atoms with Gasteiger partial charge in [-0.15, -0.1) is 0 Å². The minimum atomic E-state index is -0.376. The van der Waals surface area contributed by atoms with Gasteiger partial charge in [0.05, 0.1) is 24.8 Å². The predicted octanol–water partition coefficient (Wildman–Crippen LogP) is 3.05. The Kier molecular flexibility index (Phi) is 8.78. The van der Waals surface area contributed by atoms with Gasteiger partial charge in [0.25, 0.3) is 0 Å². The summed E-state index contributed by atoms with van der Waals surface area (Å²) in [6, 6.07) is 5.02. The van der Waals surface area contributed by atoms with Crippen molar-refractivity contribution in [1.82, 2.24) is 5.32 Å². The van der Waals surface area contributed by atoms with E-state index in [1.165, 1.54) is 6.07 Å². The molecule has 0 aliphatic heterocycles. The van der Waals surface area contributed by atoms with Gasteiger partial charge in [-0.25, -0.2) is 4.39 Å². The summed E-state index contributed by atoms with van der Waals surface area (Å²) in [6.07, 6.45) is 1.68. The molecule has 0 aliphatic rings. The van der Waals surface area contributed by atoms with Crippen molar-refractivity contribution in [2.24, 2.45) is 0 Å². The van der Waals surface area contributed by atoms with Crippen LogP contribution in [0.15, 0.2) is 18.2 Å². The summed E-state index contributed by atoms with van der Waals surface area (Å²) in [4.78, 5) is 0. The molecule has 1 N–H and O–H groups in total. The SMILES string of the molecule is CCCNC(COCCOC)Cc1cccc(F)c1Cl. The number of hydrogen-bond acceptors (Lipinski definition) is 3. The largest absolute Gasteiger partial charge is 0.382 e. The monoisotopic (exact) mass is 303 g/mol. The van der Waals surface area contributed by atoms with E-state index in [1.807, 2.05) is 6.07 Å². The lowest BCUT2D eigenvalue weighted by molar-refractivity contribution is 0.0587. The molecule has 3 nitrogen and oxygen atoms in total. The van der Waals surface area contributed by atoms with Crippen molar-refractivity contribution in [2.45, 2.75) is 25.8 Å². The van der Waals surface area contributed by atoms with Crippen molar-refractivity contribution >= 4 is 11.6 Å². The Hall–Kier alpha value is -0.680. The molecule has 0 bridgehead atoms. The molecule has 1 aromatic rings. The molecule has 5 heteroatoms. The van der Waals surface area contributed by atoms with Crippen molar-refractivity contribution < 1.29 is 13.9 Å². The van der Waals surface area contributed by atoms with Crippen LogP contribution in [0, 0.1) is 5.82 Å². The first-order chi connectivity index (χ1) is 9.69. The molecule has 0 spiro atoms. The second-order valence-corrected chi connectivity index (χ2v) is 5.01. The van der Waals surface area contributed by atoms with Crippen LogP contribution >= 0.6 is 11.6 Å². The van der Waals surface area contributed by atoms with E-state index in [-0.39, 0.29) is 16.9 Å². The zero-order valence-corrected chi connectivity index (χ0v) is 12.9. The molecule has 1 atom stereocenters. The maximum absolute atomic E-state index is 13.4. The van der Waals surface area contributed by atoms with E-state index in [0.29, 0.717) is 26.2 Å². The van der Waals surface area contributed by atoms with Crippen molar-refractivity contribution in [2.75, 3.05) is 33.5 Å². The summed E-state index contributed by atoms with van der Waals surface area (Å²) >= 11 is 5.99. The number of benzene rings is 1. The zero-order valence-electron chi connectivity index (χ0n) is 12.1. The zero-order chi connectivity index (χ0) is 14.8. The summed E-state index contributed by atoms with van der Waals surface area (Å²) in [5, 5.41) is 3.60. The third-order valence-corrected chi connectivity index (χ3v) is 3.36. The fourth-order valence-electron chi connectivity index (χ4n) is 1.88. The molecule has 0 heterocycles. The van der Waals surface area contributed by atoms with Crippen LogP contribution in [0.5, 0.6) is 0 Å². The summed E-state index contributed by atoms with van der Waals surface area (Å²) in [5.74, 6) is -0.376. The van der Waals surface area contributed by atoms with E-state index >= 15 is 0 Å². The van der Waals surface area contributed by atoms with Gasteiger partial charge in [-0.3, -0.25) is 0 Å². The van der Waals surface area contributed by atoms with Gasteiger partial charge >= 0.3 is 0 Å². The molecular weight excluding hydrogens is 281 g/mol. The van der Waals surface area contributed by atoms with E-state index in [9.17, 15) is 4.39 Å². The van der Waals surface area contributed by atoms with E-state index < -0.39 is 0 Å². The summed E-state index contributed by atoms with van der Waals surface area (Å²) < 4.78 is 23.9. The smallest absolute Gasteiger partial charge is 0.142 e. The number of halogens is 2. The highest BCUT2D eigenvalue weighted by Crippen LogP contribution is 2.21. The quantitative estimate of drug-likeness (QED) is 0.674. The van der Waals surface area contributed by atoms with Crippen molar-refractivity contribution in [3.63, 3.8) is 0 Å². The van der Waals surface area contributed by atoms with E-state index in [0.717, 1.165) is 18.5 Å². The highest BCUT2D eigenvalue weighted by Gasteiger charge is 2.13. The fraction of sp³-hybridized carbons (Fsp3) is 0.600. The minimum absolute atomic E-state index is 0.117. The lowest BCUT2D eigenvalue weighted by Crippen LogP contribution is -2.36. The Labute approximate surface area is 125 Å². The molecule has 0 saturated heterocycles. The molecule has 0 radical (unpaired) electrons. The van der Waals surface area contributed by atoms with E-state index in [1.54, 1.807) is 13.2 Å². The van der Waals surface area contributed by atoms with Crippen molar-refractivity contribution in [3.8, 4) is 0 Å². The summed E-state index contributed by atoms with van der Waals surface area (Å²) in [5.41, 5.74) is 0.801. The van der Waals surface area contributed by atoms with Gasteiger partial charge in [-0.1, -0.05) is 30.7 Å². The lowest BCUT2D eigenvalue weighted by atomic mass is 10.1. The average Bonchev–Trinajstić information content (AvgIpc) is 2.45. The Morgan fingerprint density at radius 2 is 2.15 bits per heavy atom. The highest BCUT2D eigenvalue weighted by molar-refractivity contribution is 6.31. The molecule has 1 unspecified atom stereocenters.